The number of nitrogens with one attached hydrogen (secondary N) is 1. The van der Waals surface area contributed by atoms with Crippen LogP contribution in [0.5, 0.6) is 5.75 Å². The first-order chi connectivity index (χ1) is 11.7. The van der Waals surface area contributed by atoms with Crippen LogP contribution in [0, 0.1) is 5.92 Å². The first-order valence-electron chi connectivity index (χ1n) is 7.76. The van der Waals surface area contributed by atoms with Crippen LogP contribution in [0.3, 0.4) is 0 Å². The van der Waals surface area contributed by atoms with Crippen molar-refractivity contribution >= 4 is 34.1 Å². The number of halogens is 1. The highest BCUT2D eigenvalue weighted by Crippen LogP contribution is 2.30. The number of carbonyl (C=O) groups is 1. The molecule has 2 heterocycles. The number of anilines is 1. The maximum atomic E-state index is 12.5. The standard InChI is InChI=1S/C19H15ClN2O2/c20-15-5-6-18-13(8-15)7-14(11-24-18)19(23)22-16-9-12-3-1-2-4-17(12)21-10-16/h1-6,8-10,14H,7,11H2,(H,22,23). The van der Waals surface area contributed by atoms with E-state index in [9.17, 15) is 4.79 Å². The minimum absolute atomic E-state index is 0.0716. The van der Waals surface area contributed by atoms with Crippen LogP contribution >= 0.6 is 11.6 Å². The number of ether oxygens (including phenoxy) is 1. The fourth-order valence-electron chi connectivity index (χ4n) is 2.92. The van der Waals surface area contributed by atoms with E-state index >= 15 is 0 Å². The third-order valence-corrected chi connectivity index (χ3v) is 4.39. The number of para-hydroxylation sites is 1. The number of hydrogen-bond donors (Lipinski definition) is 1. The minimum Gasteiger partial charge on any atom is -0.492 e. The molecule has 1 aliphatic rings. The van der Waals surface area contributed by atoms with Crippen molar-refractivity contribution in [1.82, 2.24) is 4.98 Å². The molecule has 24 heavy (non-hydrogen) atoms. The number of rotatable bonds is 2. The molecule has 1 amide bonds. The molecule has 4 nitrogen and oxygen atoms in total. The molecule has 3 aromatic rings. The number of nitrogens with zero attached hydrogens (tertiary/aromatic N) is 1. The van der Waals surface area contributed by atoms with Crippen molar-refractivity contribution in [1.29, 1.82) is 0 Å². The van der Waals surface area contributed by atoms with Crippen LogP contribution in [-0.2, 0) is 11.2 Å². The van der Waals surface area contributed by atoms with Crippen molar-refractivity contribution in [2.45, 2.75) is 6.42 Å². The number of carbonyl (C=O) groups excluding carboxylic acids is 1. The van der Waals surface area contributed by atoms with Crippen molar-refractivity contribution in [2.24, 2.45) is 5.92 Å². The lowest BCUT2D eigenvalue weighted by Crippen LogP contribution is -2.32. The normalized spacial score (nSPS) is 16.3. The van der Waals surface area contributed by atoms with Gasteiger partial charge in [0.25, 0.3) is 0 Å². The maximum absolute atomic E-state index is 12.5. The summed E-state index contributed by atoms with van der Waals surface area (Å²) >= 11 is 6.02. The average Bonchev–Trinajstić information content (AvgIpc) is 2.61. The first kappa shape index (κ1) is 15.0. The monoisotopic (exact) mass is 338 g/mol. The molecule has 0 fully saturated rings. The third-order valence-electron chi connectivity index (χ3n) is 4.16. The van der Waals surface area contributed by atoms with Gasteiger partial charge in [0.15, 0.2) is 0 Å². The van der Waals surface area contributed by atoms with Crippen molar-refractivity contribution in [3.8, 4) is 5.75 Å². The Morgan fingerprint density at radius 2 is 2.08 bits per heavy atom. The molecule has 1 unspecified atom stereocenters. The van der Waals surface area contributed by atoms with Crippen LogP contribution in [0.25, 0.3) is 10.9 Å². The third kappa shape index (κ3) is 2.93. The molecule has 0 spiro atoms. The lowest BCUT2D eigenvalue weighted by atomic mass is 9.96. The number of amides is 1. The maximum Gasteiger partial charge on any atom is 0.231 e. The lowest BCUT2D eigenvalue weighted by Gasteiger charge is -2.24. The molecule has 4 rings (SSSR count). The molecular weight excluding hydrogens is 324 g/mol. The molecule has 1 N–H and O–H groups in total. The summed E-state index contributed by atoms with van der Waals surface area (Å²) in [6.45, 7) is 0.363. The van der Waals surface area contributed by atoms with E-state index in [1.54, 1.807) is 12.3 Å². The summed E-state index contributed by atoms with van der Waals surface area (Å²) in [7, 11) is 0. The Morgan fingerprint density at radius 3 is 3.00 bits per heavy atom. The van der Waals surface area contributed by atoms with Crippen LogP contribution < -0.4 is 10.1 Å². The van der Waals surface area contributed by atoms with E-state index in [4.69, 9.17) is 16.3 Å². The SMILES string of the molecule is O=C(Nc1cnc2ccccc2c1)C1COc2ccc(Cl)cc2C1. The lowest BCUT2D eigenvalue weighted by molar-refractivity contribution is -0.121. The number of aromatic nitrogens is 1. The van der Waals surface area contributed by atoms with Crippen LogP contribution in [0.15, 0.2) is 54.7 Å². The second-order valence-corrected chi connectivity index (χ2v) is 6.31. The molecule has 5 heteroatoms. The Kier molecular flexibility index (Phi) is 3.82. The summed E-state index contributed by atoms with van der Waals surface area (Å²) in [5.74, 6) is 0.482. The van der Waals surface area contributed by atoms with Gasteiger partial charge >= 0.3 is 0 Å². The van der Waals surface area contributed by atoms with Gasteiger partial charge in [0.2, 0.25) is 5.91 Å². The van der Waals surface area contributed by atoms with Crippen LogP contribution in [0.2, 0.25) is 5.02 Å². The van der Waals surface area contributed by atoms with Gasteiger partial charge in [-0.2, -0.15) is 0 Å². The zero-order valence-corrected chi connectivity index (χ0v) is 13.6. The topological polar surface area (TPSA) is 51.2 Å². The van der Waals surface area contributed by atoms with Crippen molar-refractivity contribution in [3.63, 3.8) is 0 Å². The van der Waals surface area contributed by atoms with Crippen molar-refractivity contribution in [3.05, 3.63) is 65.3 Å². The van der Waals surface area contributed by atoms with Crippen LogP contribution in [0.1, 0.15) is 5.56 Å². The summed E-state index contributed by atoms with van der Waals surface area (Å²) in [6, 6.07) is 15.2. The number of hydrogen-bond acceptors (Lipinski definition) is 3. The Bertz CT molecular complexity index is 926. The molecule has 0 aliphatic carbocycles. The fraction of sp³-hybridized carbons (Fsp3) is 0.158. The second kappa shape index (κ2) is 6.13. The molecule has 1 aliphatic heterocycles. The highest BCUT2D eigenvalue weighted by Gasteiger charge is 2.26. The molecule has 0 radical (unpaired) electrons. The van der Waals surface area contributed by atoms with Gasteiger partial charge in [-0.3, -0.25) is 9.78 Å². The Morgan fingerprint density at radius 1 is 1.21 bits per heavy atom. The number of pyridine rings is 1. The smallest absolute Gasteiger partial charge is 0.231 e. The van der Waals surface area contributed by atoms with E-state index in [-0.39, 0.29) is 11.8 Å². The highest BCUT2D eigenvalue weighted by atomic mass is 35.5. The molecule has 0 saturated carbocycles. The summed E-state index contributed by atoms with van der Waals surface area (Å²) < 4.78 is 5.69. The van der Waals surface area contributed by atoms with Gasteiger partial charge in [-0.05, 0) is 42.3 Å². The number of fused-ring (bicyclic) bond motifs is 2. The summed E-state index contributed by atoms with van der Waals surface area (Å²) in [6.07, 6.45) is 2.29. The van der Waals surface area contributed by atoms with E-state index < -0.39 is 0 Å². The predicted molar refractivity (Wildman–Crippen MR) is 94.5 cm³/mol. The molecule has 120 valence electrons. The van der Waals surface area contributed by atoms with Gasteiger partial charge in [0.05, 0.1) is 23.3 Å². The van der Waals surface area contributed by atoms with Crippen LogP contribution in [0.4, 0.5) is 5.69 Å². The summed E-state index contributed by atoms with van der Waals surface area (Å²) in [5, 5.41) is 4.58. The molecule has 0 saturated heterocycles. The zero-order valence-electron chi connectivity index (χ0n) is 12.8. The zero-order chi connectivity index (χ0) is 16.5. The van der Waals surface area contributed by atoms with Gasteiger partial charge in [-0.25, -0.2) is 0 Å². The van der Waals surface area contributed by atoms with Gasteiger partial charge in [0, 0.05) is 10.4 Å². The molecule has 1 atom stereocenters. The van der Waals surface area contributed by atoms with E-state index in [1.165, 1.54) is 0 Å². The molecule has 1 aromatic heterocycles. The van der Waals surface area contributed by atoms with Gasteiger partial charge < -0.3 is 10.1 Å². The fourth-order valence-corrected chi connectivity index (χ4v) is 3.11. The Labute approximate surface area is 144 Å². The molecule has 0 bridgehead atoms. The van der Waals surface area contributed by atoms with E-state index in [2.05, 4.69) is 10.3 Å². The largest absolute Gasteiger partial charge is 0.492 e. The molecular formula is C19H15ClN2O2. The Balaban J connectivity index is 1.51. The number of benzene rings is 2. The summed E-state index contributed by atoms with van der Waals surface area (Å²) in [5.41, 5.74) is 2.56. The summed E-state index contributed by atoms with van der Waals surface area (Å²) in [4.78, 5) is 16.9. The Hall–Kier alpha value is -2.59. The van der Waals surface area contributed by atoms with E-state index in [1.807, 2.05) is 42.5 Å². The van der Waals surface area contributed by atoms with Crippen molar-refractivity contribution in [2.75, 3.05) is 11.9 Å². The van der Waals surface area contributed by atoms with Gasteiger partial charge in [-0.1, -0.05) is 29.8 Å². The quantitative estimate of drug-likeness (QED) is 0.766. The van der Waals surface area contributed by atoms with Crippen molar-refractivity contribution < 1.29 is 9.53 Å². The second-order valence-electron chi connectivity index (χ2n) is 5.87. The average molecular weight is 339 g/mol. The predicted octanol–water partition coefficient (Wildman–Crippen LogP) is 4.08. The highest BCUT2D eigenvalue weighted by molar-refractivity contribution is 6.30. The van der Waals surface area contributed by atoms with E-state index in [0.29, 0.717) is 23.7 Å². The van der Waals surface area contributed by atoms with Crippen LogP contribution in [-0.4, -0.2) is 17.5 Å². The first-order valence-corrected chi connectivity index (χ1v) is 8.14. The molecule has 2 aromatic carbocycles. The van der Waals surface area contributed by atoms with Gasteiger partial charge in [0.1, 0.15) is 12.4 Å². The van der Waals surface area contributed by atoms with E-state index in [0.717, 1.165) is 22.2 Å². The van der Waals surface area contributed by atoms with Gasteiger partial charge in [-0.15, -0.1) is 0 Å². The minimum atomic E-state index is -0.248.